The summed E-state index contributed by atoms with van der Waals surface area (Å²) in [6, 6.07) is 0.743. The van der Waals surface area contributed by atoms with E-state index >= 15 is 0 Å². The van der Waals surface area contributed by atoms with Crippen LogP contribution >= 0.6 is 22.6 Å². The van der Waals surface area contributed by atoms with Gasteiger partial charge in [-0.1, -0.05) is 0 Å². The molecule has 1 N–H and O–H groups in total. The average molecular weight is 347 g/mol. The first-order chi connectivity index (χ1) is 7.20. The minimum atomic E-state index is -4.86. The maximum atomic E-state index is 12.0. The number of carbonyl (C=O) groups is 1. The molecule has 0 aliphatic rings. The number of hydrogen-bond donors (Lipinski definition) is 1. The first-order valence-corrected chi connectivity index (χ1v) is 4.95. The summed E-state index contributed by atoms with van der Waals surface area (Å²) in [5, 5.41) is 8.62. The smallest absolute Gasteiger partial charge is 0.477 e. The number of aromatic carboxylic acids is 1. The molecule has 1 heterocycles. The highest BCUT2D eigenvalue weighted by Crippen LogP contribution is 2.28. The normalized spacial score (nSPS) is 11.3. The molecule has 0 saturated carbocycles. The van der Waals surface area contributed by atoms with Crippen molar-refractivity contribution in [3.63, 3.8) is 0 Å². The van der Waals surface area contributed by atoms with Crippen molar-refractivity contribution in [1.29, 1.82) is 0 Å². The fraction of sp³-hybridized carbons (Fsp3) is 0.250. The molecule has 0 radical (unpaired) electrons. The van der Waals surface area contributed by atoms with Crippen molar-refractivity contribution in [2.45, 2.75) is 13.3 Å². The van der Waals surface area contributed by atoms with Gasteiger partial charge in [-0.25, -0.2) is 9.78 Å². The standard InChI is InChI=1S/C8H5F3INO3/c1-3-5(16-8(9,10)11)2-4(7(14)15)13-6(3)12/h2H,1H3,(H,14,15). The van der Waals surface area contributed by atoms with E-state index in [-0.39, 0.29) is 9.26 Å². The van der Waals surface area contributed by atoms with Crippen molar-refractivity contribution < 1.29 is 27.8 Å². The second kappa shape index (κ2) is 4.44. The summed E-state index contributed by atoms with van der Waals surface area (Å²) in [5.41, 5.74) is -0.350. The predicted molar refractivity (Wildman–Crippen MR) is 55.3 cm³/mol. The number of carboxylic acids is 1. The van der Waals surface area contributed by atoms with Crippen molar-refractivity contribution in [2.75, 3.05) is 0 Å². The van der Waals surface area contributed by atoms with Gasteiger partial charge in [-0.05, 0) is 29.5 Å². The third kappa shape index (κ3) is 3.22. The molecule has 4 nitrogen and oxygen atoms in total. The summed E-state index contributed by atoms with van der Waals surface area (Å²) in [5.74, 6) is -1.96. The van der Waals surface area contributed by atoms with Gasteiger partial charge in [-0.15, -0.1) is 13.2 Å². The van der Waals surface area contributed by atoms with Crippen molar-refractivity contribution >= 4 is 28.6 Å². The monoisotopic (exact) mass is 347 g/mol. The van der Waals surface area contributed by atoms with E-state index < -0.39 is 23.8 Å². The van der Waals surface area contributed by atoms with E-state index in [0.717, 1.165) is 6.07 Å². The summed E-state index contributed by atoms with van der Waals surface area (Å²) in [4.78, 5) is 14.2. The fourth-order valence-electron chi connectivity index (χ4n) is 0.896. The van der Waals surface area contributed by atoms with E-state index in [1.54, 1.807) is 22.6 Å². The van der Waals surface area contributed by atoms with Crippen LogP contribution in [0.3, 0.4) is 0 Å². The van der Waals surface area contributed by atoms with Gasteiger partial charge >= 0.3 is 12.3 Å². The fourth-order valence-corrected chi connectivity index (χ4v) is 1.42. The second-order valence-electron chi connectivity index (χ2n) is 2.77. The molecular formula is C8H5F3INO3. The van der Waals surface area contributed by atoms with Gasteiger partial charge < -0.3 is 9.84 Å². The summed E-state index contributed by atoms with van der Waals surface area (Å²) < 4.78 is 39.8. The molecule has 1 rings (SSSR count). The largest absolute Gasteiger partial charge is 0.573 e. The first-order valence-electron chi connectivity index (χ1n) is 3.87. The number of pyridine rings is 1. The van der Waals surface area contributed by atoms with Crippen molar-refractivity contribution in [2.24, 2.45) is 0 Å². The van der Waals surface area contributed by atoms with Gasteiger partial charge in [-0.2, -0.15) is 0 Å². The van der Waals surface area contributed by atoms with Crippen LogP contribution in [0.1, 0.15) is 16.1 Å². The van der Waals surface area contributed by atoms with Gasteiger partial charge in [0.05, 0.1) is 0 Å². The van der Waals surface area contributed by atoms with Crippen molar-refractivity contribution in [3.05, 3.63) is 21.0 Å². The maximum Gasteiger partial charge on any atom is 0.573 e. The molecule has 0 atom stereocenters. The average Bonchev–Trinajstić information content (AvgIpc) is 2.10. The molecule has 16 heavy (non-hydrogen) atoms. The van der Waals surface area contributed by atoms with Crippen LogP contribution < -0.4 is 4.74 Å². The molecule has 0 spiro atoms. The number of alkyl halides is 3. The SMILES string of the molecule is Cc1c(OC(F)(F)F)cc(C(=O)O)nc1I. The number of ether oxygens (including phenoxy) is 1. The number of halogens is 4. The molecule has 0 aliphatic heterocycles. The van der Waals surface area contributed by atoms with E-state index in [0.29, 0.717) is 0 Å². The molecule has 0 fully saturated rings. The van der Waals surface area contributed by atoms with Crippen LogP contribution in [0.25, 0.3) is 0 Å². The molecule has 88 valence electrons. The Morgan fingerprint density at radius 2 is 2.12 bits per heavy atom. The molecule has 0 saturated heterocycles. The Hall–Kier alpha value is -1.06. The van der Waals surface area contributed by atoms with E-state index in [9.17, 15) is 18.0 Å². The number of nitrogens with zero attached hydrogens (tertiary/aromatic N) is 1. The summed E-state index contributed by atoms with van der Waals surface area (Å²) in [6.07, 6.45) is -4.86. The number of hydrogen-bond acceptors (Lipinski definition) is 3. The van der Waals surface area contributed by atoms with Crippen LogP contribution in [0.15, 0.2) is 6.07 Å². The number of carboxylic acid groups (broad SMARTS) is 1. The van der Waals surface area contributed by atoms with E-state index in [2.05, 4.69) is 9.72 Å². The lowest BCUT2D eigenvalue weighted by molar-refractivity contribution is -0.274. The summed E-state index contributed by atoms with van der Waals surface area (Å²) >= 11 is 1.64. The first kappa shape index (κ1) is 13.0. The summed E-state index contributed by atoms with van der Waals surface area (Å²) in [7, 11) is 0. The second-order valence-corrected chi connectivity index (χ2v) is 3.80. The van der Waals surface area contributed by atoms with Gasteiger partial charge in [-0.3, -0.25) is 0 Å². The number of rotatable bonds is 2. The van der Waals surface area contributed by atoms with Gasteiger partial charge in [0, 0.05) is 11.6 Å². The lowest BCUT2D eigenvalue weighted by Crippen LogP contribution is -2.19. The summed E-state index contributed by atoms with van der Waals surface area (Å²) in [6.45, 7) is 1.36. The molecular weight excluding hydrogens is 342 g/mol. The Bertz CT molecular complexity index is 433. The van der Waals surface area contributed by atoms with Gasteiger partial charge in [0.1, 0.15) is 9.45 Å². The Balaban J connectivity index is 3.22. The Labute approximate surface area is 102 Å². The lowest BCUT2D eigenvalue weighted by Gasteiger charge is -2.12. The molecule has 1 aromatic heterocycles. The molecule has 1 aromatic rings. The zero-order valence-electron chi connectivity index (χ0n) is 7.80. The minimum Gasteiger partial charge on any atom is -0.477 e. The quantitative estimate of drug-likeness (QED) is 0.660. The Kier molecular flexibility index (Phi) is 3.61. The molecule has 0 aromatic carbocycles. The van der Waals surface area contributed by atoms with Gasteiger partial charge in [0.2, 0.25) is 0 Å². The van der Waals surface area contributed by atoms with Gasteiger partial charge in [0.25, 0.3) is 0 Å². The van der Waals surface area contributed by atoms with E-state index in [1.807, 2.05) is 0 Å². The highest BCUT2D eigenvalue weighted by molar-refractivity contribution is 14.1. The molecule has 0 bridgehead atoms. The third-order valence-electron chi connectivity index (χ3n) is 1.61. The van der Waals surface area contributed by atoms with E-state index in [1.165, 1.54) is 6.92 Å². The molecule has 0 aliphatic carbocycles. The highest BCUT2D eigenvalue weighted by atomic mass is 127. The van der Waals surface area contributed by atoms with Crippen molar-refractivity contribution in [3.8, 4) is 5.75 Å². The van der Waals surface area contributed by atoms with Crippen LogP contribution in [0, 0.1) is 10.6 Å². The highest BCUT2D eigenvalue weighted by Gasteiger charge is 2.32. The van der Waals surface area contributed by atoms with Crippen LogP contribution in [0.2, 0.25) is 0 Å². The molecule has 0 amide bonds. The van der Waals surface area contributed by atoms with Crippen LogP contribution in [-0.2, 0) is 0 Å². The molecule has 8 heteroatoms. The zero-order valence-corrected chi connectivity index (χ0v) is 9.96. The molecule has 0 unspecified atom stereocenters. The van der Waals surface area contributed by atoms with Crippen LogP contribution in [0.4, 0.5) is 13.2 Å². The predicted octanol–water partition coefficient (Wildman–Crippen LogP) is 2.59. The topological polar surface area (TPSA) is 59.4 Å². The maximum absolute atomic E-state index is 12.0. The third-order valence-corrected chi connectivity index (χ3v) is 2.66. The van der Waals surface area contributed by atoms with Crippen LogP contribution in [0.5, 0.6) is 5.75 Å². The Morgan fingerprint density at radius 1 is 1.56 bits per heavy atom. The van der Waals surface area contributed by atoms with Crippen LogP contribution in [-0.4, -0.2) is 22.4 Å². The van der Waals surface area contributed by atoms with Gasteiger partial charge in [0.15, 0.2) is 5.69 Å². The van der Waals surface area contributed by atoms with Crippen molar-refractivity contribution in [1.82, 2.24) is 4.98 Å². The Morgan fingerprint density at radius 3 is 2.56 bits per heavy atom. The van der Waals surface area contributed by atoms with E-state index in [4.69, 9.17) is 5.11 Å². The number of aromatic nitrogens is 1. The zero-order chi connectivity index (χ0) is 12.5. The lowest BCUT2D eigenvalue weighted by atomic mass is 10.2. The minimum absolute atomic E-state index is 0.142.